The minimum Gasteiger partial charge on any atom is -0.325 e. The number of amides is 2. The number of hydrogen-bond donors (Lipinski definition) is 3. The van der Waals surface area contributed by atoms with Crippen molar-refractivity contribution >= 4 is 35.1 Å². The Balaban J connectivity index is 1.95. The van der Waals surface area contributed by atoms with Gasteiger partial charge in [-0.3, -0.25) is 14.4 Å². The Morgan fingerprint density at radius 2 is 2.12 bits per heavy atom. The predicted octanol–water partition coefficient (Wildman–Crippen LogP) is 2.56. The van der Waals surface area contributed by atoms with Gasteiger partial charge in [0.2, 0.25) is 11.8 Å². The van der Waals surface area contributed by atoms with Gasteiger partial charge in [-0.1, -0.05) is 36.4 Å². The largest absolute Gasteiger partial charge is 0.325 e. The number of nitrogens with one attached hydrogen (secondary N) is 3. The number of benzene rings is 1. The average Bonchev–Trinajstić information content (AvgIpc) is 2.56. The highest BCUT2D eigenvalue weighted by Crippen LogP contribution is 2.30. The number of carbonyl (C=O) groups excluding carboxylic acids is 2. The first-order valence-corrected chi connectivity index (χ1v) is 9.32. The lowest BCUT2D eigenvalue weighted by Gasteiger charge is -2.23. The summed E-state index contributed by atoms with van der Waals surface area (Å²) in [7, 11) is 0. The van der Waals surface area contributed by atoms with E-state index in [2.05, 4.69) is 20.6 Å². The highest BCUT2D eigenvalue weighted by molar-refractivity contribution is 7.99. The van der Waals surface area contributed by atoms with E-state index in [1.165, 1.54) is 11.8 Å². The summed E-state index contributed by atoms with van der Waals surface area (Å²) in [6.45, 7) is 5.80. The number of fused-ring (bicyclic) bond motifs is 1. The van der Waals surface area contributed by atoms with Crippen LogP contribution in [0.25, 0.3) is 0 Å². The van der Waals surface area contributed by atoms with Crippen molar-refractivity contribution in [3.05, 3.63) is 45.2 Å². The molecule has 1 atom stereocenters. The number of aromatic amines is 1. The lowest BCUT2D eigenvalue weighted by atomic mass is 9.92. The van der Waals surface area contributed by atoms with E-state index in [9.17, 15) is 14.4 Å². The zero-order chi connectivity index (χ0) is 18.8. The fourth-order valence-corrected chi connectivity index (χ4v) is 3.55. The molecule has 1 aliphatic heterocycles. The van der Waals surface area contributed by atoms with Gasteiger partial charge < -0.3 is 15.6 Å². The van der Waals surface area contributed by atoms with Crippen LogP contribution in [0, 0.1) is 13.8 Å². The first kappa shape index (κ1) is 18.2. The Morgan fingerprint density at radius 3 is 2.81 bits per heavy atom. The van der Waals surface area contributed by atoms with Crippen LogP contribution in [0.3, 0.4) is 0 Å². The van der Waals surface area contributed by atoms with Gasteiger partial charge in [-0.05, 0) is 31.2 Å². The Bertz CT molecular complexity index is 939. The van der Waals surface area contributed by atoms with E-state index in [0.717, 1.165) is 16.9 Å². The molecule has 0 bridgehead atoms. The molecule has 3 rings (SSSR count). The smallest absolute Gasteiger partial charge is 0.257 e. The van der Waals surface area contributed by atoms with E-state index in [0.29, 0.717) is 10.8 Å². The van der Waals surface area contributed by atoms with Gasteiger partial charge in [0.25, 0.3) is 5.56 Å². The second-order valence-electron chi connectivity index (χ2n) is 6.18. The zero-order valence-electron chi connectivity index (χ0n) is 14.8. The SMILES string of the molecule is CCSc1nc2c(c(=O)[nH]1)[C@@H](C(=O)Nc1ccc(C)cc1C)CC(=O)N2. The number of nitrogens with zero attached hydrogens (tertiary/aromatic N) is 1. The molecule has 1 aromatic heterocycles. The topological polar surface area (TPSA) is 104 Å². The third-order valence-corrected chi connectivity index (χ3v) is 4.92. The molecule has 1 aromatic carbocycles. The van der Waals surface area contributed by atoms with Gasteiger partial charge in [0.15, 0.2) is 5.16 Å². The number of H-pyrrole nitrogens is 1. The van der Waals surface area contributed by atoms with Crippen molar-refractivity contribution in [3.63, 3.8) is 0 Å². The van der Waals surface area contributed by atoms with Crippen LogP contribution in [0.4, 0.5) is 11.5 Å². The van der Waals surface area contributed by atoms with Crippen LogP contribution in [0.2, 0.25) is 0 Å². The molecule has 0 unspecified atom stereocenters. The number of thioether (sulfide) groups is 1. The van der Waals surface area contributed by atoms with E-state index < -0.39 is 17.4 Å². The molecule has 2 aromatic rings. The summed E-state index contributed by atoms with van der Waals surface area (Å²) in [6, 6.07) is 5.67. The van der Waals surface area contributed by atoms with Crippen molar-refractivity contribution in [2.24, 2.45) is 0 Å². The number of aromatic nitrogens is 2. The van der Waals surface area contributed by atoms with E-state index in [4.69, 9.17) is 0 Å². The molecule has 0 saturated heterocycles. The summed E-state index contributed by atoms with van der Waals surface area (Å²) in [6.07, 6.45) is -0.0885. The van der Waals surface area contributed by atoms with Gasteiger partial charge in [-0.2, -0.15) is 0 Å². The molecule has 3 N–H and O–H groups in total. The van der Waals surface area contributed by atoms with Crippen molar-refractivity contribution in [2.75, 3.05) is 16.4 Å². The van der Waals surface area contributed by atoms with Crippen molar-refractivity contribution < 1.29 is 9.59 Å². The molecule has 136 valence electrons. The first-order chi connectivity index (χ1) is 12.4. The Labute approximate surface area is 155 Å². The van der Waals surface area contributed by atoms with E-state index in [1.807, 2.05) is 39.0 Å². The molecule has 0 aliphatic carbocycles. The number of aryl methyl sites for hydroxylation is 2. The molecule has 26 heavy (non-hydrogen) atoms. The zero-order valence-corrected chi connectivity index (χ0v) is 15.6. The van der Waals surface area contributed by atoms with Gasteiger partial charge in [-0.15, -0.1) is 0 Å². The molecule has 0 radical (unpaired) electrons. The second-order valence-corrected chi connectivity index (χ2v) is 7.43. The van der Waals surface area contributed by atoms with Crippen LogP contribution in [0.1, 0.15) is 36.0 Å². The normalized spacial score (nSPS) is 16.0. The third kappa shape index (κ3) is 3.65. The molecule has 0 fully saturated rings. The lowest BCUT2D eigenvalue weighted by Crippen LogP contribution is -2.36. The van der Waals surface area contributed by atoms with Crippen LogP contribution >= 0.6 is 11.8 Å². The molecule has 2 amide bonds. The summed E-state index contributed by atoms with van der Waals surface area (Å²) in [4.78, 5) is 44.3. The minimum atomic E-state index is -0.878. The fraction of sp³-hybridized carbons (Fsp3) is 0.333. The van der Waals surface area contributed by atoms with E-state index >= 15 is 0 Å². The maximum Gasteiger partial charge on any atom is 0.257 e. The number of hydrogen-bond acceptors (Lipinski definition) is 5. The fourth-order valence-electron chi connectivity index (χ4n) is 2.95. The summed E-state index contributed by atoms with van der Waals surface area (Å²) < 4.78 is 0. The van der Waals surface area contributed by atoms with Crippen LogP contribution < -0.4 is 16.2 Å². The molecule has 0 saturated carbocycles. The van der Waals surface area contributed by atoms with Crippen LogP contribution in [0.15, 0.2) is 28.2 Å². The van der Waals surface area contributed by atoms with Gasteiger partial charge in [-0.25, -0.2) is 4.98 Å². The van der Waals surface area contributed by atoms with Gasteiger partial charge in [0.05, 0.1) is 11.5 Å². The van der Waals surface area contributed by atoms with Crippen molar-refractivity contribution in [2.45, 2.75) is 38.3 Å². The number of anilines is 2. The van der Waals surface area contributed by atoms with Crippen molar-refractivity contribution in [1.29, 1.82) is 0 Å². The van der Waals surface area contributed by atoms with Crippen molar-refractivity contribution in [3.8, 4) is 0 Å². The number of carbonyl (C=O) groups is 2. The summed E-state index contributed by atoms with van der Waals surface area (Å²) in [5.74, 6) is -0.704. The third-order valence-electron chi connectivity index (χ3n) is 4.17. The highest BCUT2D eigenvalue weighted by atomic mass is 32.2. The average molecular weight is 372 g/mol. The van der Waals surface area contributed by atoms with Gasteiger partial charge >= 0.3 is 0 Å². The van der Waals surface area contributed by atoms with E-state index in [-0.39, 0.29) is 23.7 Å². The quantitative estimate of drug-likeness (QED) is 0.565. The molecular formula is C18H20N4O3S. The Kier molecular flexibility index (Phi) is 5.13. The predicted molar refractivity (Wildman–Crippen MR) is 102 cm³/mol. The van der Waals surface area contributed by atoms with Crippen LogP contribution in [-0.4, -0.2) is 27.5 Å². The van der Waals surface area contributed by atoms with Crippen LogP contribution in [0.5, 0.6) is 0 Å². The molecule has 7 nitrogen and oxygen atoms in total. The lowest BCUT2D eigenvalue weighted by molar-refractivity contribution is -0.123. The molecule has 8 heteroatoms. The standard InChI is InChI=1S/C18H20N4O3S/c1-4-26-18-21-15-14(17(25)22-18)11(8-13(23)20-15)16(24)19-12-6-5-9(2)7-10(12)3/h5-7,11H,4,8H2,1-3H3,(H,19,24)(H2,20,21,22,23,25)/t11-/m0/s1. The van der Waals surface area contributed by atoms with Crippen molar-refractivity contribution in [1.82, 2.24) is 9.97 Å². The molecule has 2 heterocycles. The maximum atomic E-state index is 12.8. The maximum absolute atomic E-state index is 12.8. The van der Waals surface area contributed by atoms with Crippen LogP contribution in [-0.2, 0) is 9.59 Å². The Hall–Kier alpha value is -2.61. The molecule has 1 aliphatic rings. The van der Waals surface area contributed by atoms with Gasteiger partial charge in [0.1, 0.15) is 5.82 Å². The first-order valence-electron chi connectivity index (χ1n) is 8.34. The summed E-state index contributed by atoms with van der Waals surface area (Å²) in [5, 5.41) is 5.86. The Morgan fingerprint density at radius 1 is 1.35 bits per heavy atom. The van der Waals surface area contributed by atoms with E-state index in [1.54, 1.807) is 0 Å². The highest BCUT2D eigenvalue weighted by Gasteiger charge is 2.34. The van der Waals surface area contributed by atoms with Gasteiger partial charge in [0, 0.05) is 12.1 Å². The number of rotatable bonds is 4. The minimum absolute atomic E-state index is 0.0885. The monoisotopic (exact) mass is 372 g/mol. The molecular weight excluding hydrogens is 352 g/mol. The second kappa shape index (κ2) is 7.33. The summed E-state index contributed by atoms with van der Waals surface area (Å²) >= 11 is 1.36. The molecule has 0 spiro atoms. The summed E-state index contributed by atoms with van der Waals surface area (Å²) in [5.41, 5.74) is 2.47.